The van der Waals surface area contributed by atoms with Crippen LogP contribution in [0.5, 0.6) is 0 Å². The van der Waals surface area contributed by atoms with Crippen LogP contribution < -0.4 is 10.6 Å². The number of aromatic amines is 2. The number of fused-ring (bicyclic) bond motifs is 2. The second-order valence-corrected chi connectivity index (χ2v) is 8.46. The number of anilines is 1. The van der Waals surface area contributed by atoms with Gasteiger partial charge in [0.25, 0.3) is 6.43 Å². The Bertz CT molecular complexity index is 1350. The van der Waals surface area contributed by atoms with E-state index in [1.54, 1.807) is 23.9 Å². The highest BCUT2D eigenvalue weighted by atomic mass is 19.3. The van der Waals surface area contributed by atoms with Gasteiger partial charge >= 0.3 is 5.69 Å². The Labute approximate surface area is 183 Å². The lowest BCUT2D eigenvalue weighted by Gasteiger charge is -2.32. The Morgan fingerprint density at radius 2 is 2.03 bits per heavy atom. The van der Waals surface area contributed by atoms with Crippen LogP contribution in [0.15, 0.2) is 41.3 Å². The topological polar surface area (TPSA) is 69.7 Å². The van der Waals surface area contributed by atoms with Crippen molar-refractivity contribution in [2.24, 2.45) is 7.05 Å². The van der Waals surface area contributed by atoms with Gasteiger partial charge < -0.3 is 9.88 Å². The van der Waals surface area contributed by atoms with Crippen LogP contribution in [-0.4, -0.2) is 32.8 Å². The fraction of sp³-hybridized carbons (Fsp3) is 0.333. The summed E-state index contributed by atoms with van der Waals surface area (Å²) in [6.45, 7) is 3.41. The number of hydrogen-bond acceptors (Lipinski definition) is 3. The lowest BCUT2D eigenvalue weighted by atomic mass is 9.92. The smallest absolute Gasteiger partial charge is 0.326 e. The zero-order chi connectivity index (χ0) is 22.4. The average molecular weight is 437 g/mol. The molecule has 0 atom stereocenters. The van der Waals surface area contributed by atoms with Gasteiger partial charge in [-0.05, 0) is 67.1 Å². The molecule has 32 heavy (non-hydrogen) atoms. The van der Waals surface area contributed by atoms with Gasteiger partial charge in [0.1, 0.15) is 0 Å². The highest BCUT2D eigenvalue weighted by molar-refractivity contribution is 5.76. The first-order chi connectivity index (χ1) is 15.4. The molecule has 3 heterocycles. The van der Waals surface area contributed by atoms with Crippen LogP contribution in [0.4, 0.5) is 14.5 Å². The lowest BCUT2D eigenvalue weighted by Crippen LogP contribution is -2.31. The predicted molar refractivity (Wildman–Crippen MR) is 121 cm³/mol. The minimum Gasteiger partial charge on any atom is -0.371 e. The SMILES string of the molecule is Cc1[nH]ncc1-c1cc2c(cc1C(F)F)N(CCc1ccc3[nH]c(=O)n(C)c3c1)CCC2. The number of H-pyrrole nitrogens is 2. The Hall–Kier alpha value is -3.42. The molecule has 5 rings (SSSR count). The maximum absolute atomic E-state index is 14.0. The van der Waals surface area contributed by atoms with Gasteiger partial charge in [-0.3, -0.25) is 9.67 Å². The van der Waals surface area contributed by atoms with E-state index in [9.17, 15) is 13.6 Å². The van der Waals surface area contributed by atoms with Crippen LogP contribution >= 0.6 is 0 Å². The third kappa shape index (κ3) is 3.49. The van der Waals surface area contributed by atoms with Crippen molar-refractivity contribution in [3.8, 4) is 11.1 Å². The van der Waals surface area contributed by atoms with Crippen molar-refractivity contribution in [1.29, 1.82) is 0 Å². The maximum Gasteiger partial charge on any atom is 0.326 e. The number of benzene rings is 2. The van der Waals surface area contributed by atoms with Crippen molar-refractivity contribution >= 4 is 16.7 Å². The number of nitrogens with zero attached hydrogens (tertiary/aromatic N) is 3. The molecule has 0 amide bonds. The minimum absolute atomic E-state index is 0.0453. The molecule has 8 heteroatoms. The van der Waals surface area contributed by atoms with Crippen LogP contribution in [0, 0.1) is 6.92 Å². The number of aromatic nitrogens is 4. The van der Waals surface area contributed by atoms with E-state index in [0.29, 0.717) is 5.56 Å². The first-order valence-electron chi connectivity index (χ1n) is 10.8. The Balaban J connectivity index is 1.45. The number of imidazole rings is 1. The third-order valence-corrected chi connectivity index (χ3v) is 6.46. The molecule has 2 N–H and O–H groups in total. The third-order valence-electron chi connectivity index (χ3n) is 6.46. The number of halogens is 2. The first-order valence-corrected chi connectivity index (χ1v) is 10.8. The molecule has 0 radical (unpaired) electrons. The highest BCUT2D eigenvalue weighted by Crippen LogP contribution is 2.39. The van der Waals surface area contributed by atoms with Crippen molar-refractivity contribution in [3.63, 3.8) is 0 Å². The molecule has 0 saturated carbocycles. The highest BCUT2D eigenvalue weighted by Gasteiger charge is 2.24. The number of rotatable bonds is 5. The van der Waals surface area contributed by atoms with Gasteiger partial charge in [0, 0.05) is 42.6 Å². The van der Waals surface area contributed by atoms with Crippen LogP contribution in [0.3, 0.4) is 0 Å². The van der Waals surface area contributed by atoms with Gasteiger partial charge in [0.05, 0.1) is 17.2 Å². The van der Waals surface area contributed by atoms with Crippen LogP contribution in [-0.2, 0) is 19.9 Å². The monoisotopic (exact) mass is 437 g/mol. The molecule has 0 spiro atoms. The molecule has 166 valence electrons. The van der Waals surface area contributed by atoms with Gasteiger partial charge in [-0.25, -0.2) is 13.6 Å². The summed E-state index contributed by atoms with van der Waals surface area (Å²) in [5.41, 5.74) is 6.77. The molecular formula is C24H25F2N5O. The summed E-state index contributed by atoms with van der Waals surface area (Å²) in [6, 6.07) is 9.54. The maximum atomic E-state index is 14.0. The van der Waals surface area contributed by atoms with Crippen molar-refractivity contribution in [2.75, 3.05) is 18.0 Å². The molecule has 0 bridgehead atoms. The zero-order valence-corrected chi connectivity index (χ0v) is 18.1. The Morgan fingerprint density at radius 1 is 1.19 bits per heavy atom. The van der Waals surface area contributed by atoms with E-state index in [0.717, 1.165) is 71.5 Å². The fourth-order valence-electron chi connectivity index (χ4n) is 4.68. The van der Waals surface area contributed by atoms with E-state index in [2.05, 4.69) is 20.1 Å². The molecule has 2 aromatic heterocycles. The molecule has 0 aliphatic carbocycles. The Kier molecular flexibility index (Phi) is 5.07. The standard InChI is InChI=1S/C24H25F2N5O/c1-14-19(13-27-29-14)17-11-16-4-3-8-31(21(16)12-18(17)23(25)26)9-7-15-5-6-20-22(10-15)30(2)24(32)28-20/h5-6,10-13,23H,3-4,7-9H2,1-2H3,(H,27,29)(H,28,32). The van der Waals surface area contributed by atoms with Gasteiger partial charge in [0.2, 0.25) is 0 Å². The number of hydrogen-bond donors (Lipinski definition) is 2. The molecule has 0 fully saturated rings. The summed E-state index contributed by atoms with van der Waals surface area (Å²) in [6.07, 6.45) is 1.67. The summed E-state index contributed by atoms with van der Waals surface area (Å²) in [5, 5.41) is 6.86. The fourth-order valence-corrected chi connectivity index (χ4v) is 4.68. The second kappa shape index (κ2) is 7.93. The predicted octanol–water partition coefficient (Wildman–Crippen LogP) is 4.50. The average Bonchev–Trinajstić information content (AvgIpc) is 3.33. The summed E-state index contributed by atoms with van der Waals surface area (Å²) in [4.78, 5) is 16.9. The van der Waals surface area contributed by atoms with E-state index >= 15 is 0 Å². The molecule has 0 saturated heterocycles. The van der Waals surface area contributed by atoms with Crippen molar-refractivity contribution in [1.82, 2.24) is 19.7 Å². The van der Waals surface area contributed by atoms with E-state index in [1.807, 2.05) is 31.2 Å². The van der Waals surface area contributed by atoms with Crippen molar-refractivity contribution in [2.45, 2.75) is 32.6 Å². The van der Waals surface area contributed by atoms with Crippen molar-refractivity contribution in [3.05, 3.63) is 69.4 Å². The van der Waals surface area contributed by atoms with Crippen LogP contribution in [0.1, 0.15) is 35.2 Å². The number of alkyl halides is 2. The summed E-state index contributed by atoms with van der Waals surface area (Å²) in [7, 11) is 1.75. The molecule has 6 nitrogen and oxygen atoms in total. The van der Waals surface area contributed by atoms with Crippen LogP contribution in [0.2, 0.25) is 0 Å². The largest absolute Gasteiger partial charge is 0.371 e. The molecular weight excluding hydrogens is 412 g/mol. The number of nitrogens with one attached hydrogen (secondary N) is 2. The summed E-state index contributed by atoms with van der Waals surface area (Å²) >= 11 is 0. The van der Waals surface area contributed by atoms with Gasteiger partial charge in [-0.2, -0.15) is 5.10 Å². The van der Waals surface area contributed by atoms with E-state index in [4.69, 9.17) is 0 Å². The van der Waals surface area contributed by atoms with E-state index in [-0.39, 0.29) is 11.3 Å². The molecule has 1 aliphatic rings. The quantitative estimate of drug-likeness (QED) is 0.483. The molecule has 1 aliphatic heterocycles. The Morgan fingerprint density at radius 3 is 2.78 bits per heavy atom. The molecule has 2 aromatic carbocycles. The van der Waals surface area contributed by atoms with Gasteiger partial charge in [0.15, 0.2) is 0 Å². The zero-order valence-electron chi connectivity index (χ0n) is 18.1. The summed E-state index contributed by atoms with van der Waals surface area (Å²) < 4.78 is 29.6. The summed E-state index contributed by atoms with van der Waals surface area (Å²) in [5.74, 6) is 0. The normalized spacial score (nSPS) is 13.8. The first kappa shape index (κ1) is 20.5. The minimum atomic E-state index is -2.56. The van der Waals surface area contributed by atoms with Crippen LogP contribution in [0.25, 0.3) is 22.2 Å². The molecule has 4 aromatic rings. The number of aryl methyl sites for hydroxylation is 3. The van der Waals surface area contributed by atoms with Gasteiger partial charge in [-0.15, -0.1) is 0 Å². The van der Waals surface area contributed by atoms with Gasteiger partial charge in [-0.1, -0.05) is 6.07 Å². The molecule has 0 unspecified atom stereocenters. The second-order valence-electron chi connectivity index (χ2n) is 8.46. The lowest BCUT2D eigenvalue weighted by molar-refractivity contribution is 0.152. The van der Waals surface area contributed by atoms with E-state index < -0.39 is 6.43 Å². The van der Waals surface area contributed by atoms with Crippen molar-refractivity contribution < 1.29 is 8.78 Å². The van der Waals surface area contributed by atoms with E-state index in [1.165, 1.54) is 0 Å².